The van der Waals surface area contributed by atoms with E-state index in [-0.39, 0.29) is 16.0 Å². The van der Waals surface area contributed by atoms with E-state index >= 15 is 0 Å². The summed E-state index contributed by atoms with van der Waals surface area (Å²) in [4.78, 5) is 0.195. The minimum atomic E-state index is -3.52. The largest absolute Gasteiger partial charge is 0.330 e. The second-order valence-corrected chi connectivity index (χ2v) is 7.04. The first kappa shape index (κ1) is 14.8. The Hall–Kier alpha value is -0.620. The maximum absolute atomic E-state index is 12.7. The van der Waals surface area contributed by atoms with Crippen LogP contribution in [-0.2, 0) is 10.0 Å². The molecular formula is C13H19ClN2O2S. The van der Waals surface area contributed by atoms with Crippen molar-refractivity contribution in [1.29, 1.82) is 0 Å². The third kappa shape index (κ3) is 3.11. The Morgan fingerprint density at radius 1 is 1.32 bits per heavy atom. The zero-order chi connectivity index (χ0) is 13.9. The molecule has 19 heavy (non-hydrogen) atoms. The molecule has 0 spiro atoms. The minimum absolute atomic E-state index is 0.0000211. The summed E-state index contributed by atoms with van der Waals surface area (Å²) in [6, 6.07) is 6.59. The Morgan fingerprint density at radius 3 is 2.74 bits per heavy atom. The van der Waals surface area contributed by atoms with Crippen LogP contribution in [0, 0.1) is 0 Å². The Bertz CT molecular complexity index is 531. The van der Waals surface area contributed by atoms with Gasteiger partial charge >= 0.3 is 0 Å². The molecule has 0 amide bonds. The van der Waals surface area contributed by atoms with Crippen LogP contribution in [0.25, 0.3) is 0 Å². The molecule has 1 fully saturated rings. The van der Waals surface area contributed by atoms with E-state index in [1.54, 1.807) is 28.6 Å². The van der Waals surface area contributed by atoms with Gasteiger partial charge in [-0.2, -0.15) is 4.31 Å². The van der Waals surface area contributed by atoms with Crippen molar-refractivity contribution in [3.63, 3.8) is 0 Å². The predicted octanol–water partition coefficient (Wildman–Crippen LogP) is 2.23. The van der Waals surface area contributed by atoms with Crippen molar-refractivity contribution < 1.29 is 8.42 Å². The van der Waals surface area contributed by atoms with Crippen molar-refractivity contribution >= 4 is 21.6 Å². The van der Waals surface area contributed by atoms with E-state index in [9.17, 15) is 8.42 Å². The van der Waals surface area contributed by atoms with E-state index in [4.69, 9.17) is 17.3 Å². The molecule has 1 unspecified atom stereocenters. The van der Waals surface area contributed by atoms with Gasteiger partial charge in [-0.05, 0) is 37.9 Å². The topological polar surface area (TPSA) is 63.4 Å². The highest BCUT2D eigenvalue weighted by molar-refractivity contribution is 7.89. The molecule has 0 radical (unpaired) electrons. The molecule has 1 aromatic rings. The number of piperidine rings is 1. The van der Waals surface area contributed by atoms with Gasteiger partial charge in [-0.3, -0.25) is 0 Å². The number of rotatable bonds is 4. The van der Waals surface area contributed by atoms with Crippen molar-refractivity contribution in [3.05, 3.63) is 29.3 Å². The molecule has 0 bridgehead atoms. The Morgan fingerprint density at radius 2 is 2.05 bits per heavy atom. The number of nitrogens with zero attached hydrogens (tertiary/aromatic N) is 1. The molecule has 1 aliphatic rings. The molecule has 2 rings (SSSR count). The summed E-state index contributed by atoms with van der Waals surface area (Å²) < 4.78 is 27.0. The van der Waals surface area contributed by atoms with Crippen molar-refractivity contribution in [2.24, 2.45) is 5.73 Å². The number of halogens is 1. The first-order valence-electron chi connectivity index (χ1n) is 6.54. The molecule has 1 heterocycles. The lowest BCUT2D eigenvalue weighted by molar-refractivity contribution is 0.243. The predicted molar refractivity (Wildman–Crippen MR) is 76.7 cm³/mol. The van der Waals surface area contributed by atoms with Crippen molar-refractivity contribution in [2.45, 2.75) is 36.6 Å². The summed E-state index contributed by atoms with van der Waals surface area (Å²) in [7, 11) is -3.52. The second-order valence-electron chi connectivity index (χ2n) is 4.77. The average Bonchev–Trinajstić information content (AvgIpc) is 2.40. The molecule has 0 aliphatic carbocycles. The summed E-state index contributed by atoms with van der Waals surface area (Å²) in [6.07, 6.45) is 3.52. The fourth-order valence-electron chi connectivity index (χ4n) is 2.55. The first-order chi connectivity index (χ1) is 9.07. The van der Waals surface area contributed by atoms with Gasteiger partial charge < -0.3 is 5.73 Å². The summed E-state index contributed by atoms with van der Waals surface area (Å²) in [5.41, 5.74) is 5.59. The van der Waals surface area contributed by atoms with Crippen LogP contribution in [0.5, 0.6) is 0 Å². The minimum Gasteiger partial charge on any atom is -0.330 e. The van der Waals surface area contributed by atoms with E-state index in [1.807, 2.05) is 0 Å². The molecule has 1 saturated heterocycles. The van der Waals surface area contributed by atoms with Crippen LogP contribution in [0.1, 0.15) is 25.7 Å². The molecule has 2 N–H and O–H groups in total. The number of sulfonamides is 1. The smallest absolute Gasteiger partial charge is 0.244 e. The maximum atomic E-state index is 12.7. The molecule has 0 aromatic heterocycles. The quantitative estimate of drug-likeness (QED) is 0.927. The van der Waals surface area contributed by atoms with Gasteiger partial charge in [-0.25, -0.2) is 8.42 Å². The van der Waals surface area contributed by atoms with Crippen LogP contribution in [0.3, 0.4) is 0 Å². The molecule has 1 aromatic carbocycles. The van der Waals surface area contributed by atoms with Gasteiger partial charge in [0.1, 0.15) is 4.90 Å². The van der Waals surface area contributed by atoms with Crippen LogP contribution in [0.15, 0.2) is 29.2 Å². The Balaban J connectivity index is 2.35. The van der Waals surface area contributed by atoms with Crippen molar-refractivity contribution in [3.8, 4) is 0 Å². The lowest BCUT2D eigenvalue weighted by Gasteiger charge is -2.34. The molecule has 106 valence electrons. The number of nitrogens with two attached hydrogens (primary N) is 1. The fraction of sp³-hybridized carbons (Fsp3) is 0.538. The van der Waals surface area contributed by atoms with Gasteiger partial charge in [0.05, 0.1) is 5.02 Å². The van der Waals surface area contributed by atoms with Crippen LogP contribution in [0.2, 0.25) is 5.02 Å². The Labute approximate surface area is 119 Å². The average molecular weight is 303 g/mol. The standard InChI is InChI=1S/C13H19ClN2O2S/c14-12-6-1-2-7-13(12)19(17,18)16-10-4-3-5-11(16)8-9-15/h1-2,6-7,11H,3-5,8-10,15H2. The maximum Gasteiger partial charge on any atom is 0.244 e. The molecule has 1 atom stereocenters. The summed E-state index contributed by atoms with van der Waals surface area (Å²) in [5.74, 6) is 0. The highest BCUT2D eigenvalue weighted by Crippen LogP contribution is 2.30. The Kier molecular flexibility index (Phi) is 4.84. The van der Waals surface area contributed by atoms with E-state index in [0.717, 1.165) is 19.3 Å². The van der Waals surface area contributed by atoms with E-state index in [0.29, 0.717) is 19.5 Å². The van der Waals surface area contributed by atoms with Crippen LogP contribution >= 0.6 is 11.6 Å². The fourth-order valence-corrected chi connectivity index (χ4v) is 4.77. The third-order valence-corrected chi connectivity index (χ3v) is 5.95. The van der Waals surface area contributed by atoms with Crippen molar-refractivity contribution in [2.75, 3.05) is 13.1 Å². The summed E-state index contributed by atoms with van der Waals surface area (Å²) in [5, 5.41) is 0.277. The highest BCUT2D eigenvalue weighted by atomic mass is 35.5. The molecule has 6 heteroatoms. The first-order valence-corrected chi connectivity index (χ1v) is 8.35. The van der Waals surface area contributed by atoms with Gasteiger partial charge in [0.25, 0.3) is 0 Å². The lowest BCUT2D eigenvalue weighted by atomic mass is 10.0. The molecule has 1 aliphatic heterocycles. The monoisotopic (exact) mass is 302 g/mol. The van der Waals surface area contributed by atoms with Crippen LogP contribution < -0.4 is 5.73 Å². The van der Waals surface area contributed by atoms with Gasteiger partial charge in [-0.1, -0.05) is 30.2 Å². The summed E-state index contributed by atoms with van der Waals surface area (Å²) in [6.45, 7) is 1.05. The molecule has 0 saturated carbocycles. The second kappa shape index (κ2) is 6.22. The highest BCUT2D eigenvalue weighted by Gasteiger charge is 2.33. The van der Waals surface area contributed by atoms with Gasteiger partial charge in [0.15, 0.2) is 0 Å². The zero-order valence-electron chi connectivity index (χ0n) is 10.8. The van der Waals surface area contributed by atoms with Gasteiger partial charge in [-0.15, -0.1) is 0 Å². The normalized spacial score (nSPS) is 21.5. The van der Waals surface area contributed by atoms with Gasteiger partial charge in [0, 0.05) is 12.6 Å². The third-order valence-electron chi connectivity index (χ3n) is 3.50. The molecular weight excluding hydrogens is 284 g/mol. The number of benzene rings is 1. The van der Waals surface area contributed by atoms with Crippen LogP contribution in [-0.4, -0.2) is 31.9 Å². The van der Waals surface area contributed by atoms with E-state index in [2.05, 4.69) is 0 Å². The van der Waals surface area contributed by atoms with E-state index < -0.39 is 10.0 Å². The van der Waals surface area contributed by atoms with E-state index in [1.165, 1.54) is 0 Å². The van der Waals surface area contributed by atoms with Crippen LogP contribution in [0.4, 0.5) is 0 Å². The number of hydrogen-bond acceptors (Lipinski definition) is 3. The SMILES string of the molecule is NCCC1CCCCN1S(=O)(=O)c1ccccc1Cl. The number of hydrogen-bond donors (Lipinski definition) is 1. The summed E-state index contributed by atoms with van der Waals surface area (Å²) >= 11 is 6.02. The zero-order valence-corrected chi connectivity index (χ0v) is 12.3. The molecule has 4 nitrogen and oxygen atoms in total. The lowest BCUT2D eigenvalue weighted by Crippen LogP contribution is -2.44. The van der Waals surface area contributed by atoms with Crippen molar-refractivity contribution in [1.82, 2.24) is 4.31 Å². The van der Waals surface area contributed by atoms with Gasteiger partial charge in [0.2, 0.25) is 10.0 Å².